The Bertz CT molecular complexity index is 875. The molecule has 3 rings (SSSR count). The van der Waals surface area contributed by atoms with Crippen molar-refractivity contribution in [2.45, 2.75) is 32.7 Å². The van der Waals surface area contributed by atoms with Gasteiger partial charge >= 0.3 is 0 Å². The lowest BCUT2D eigenvalue weighted by molar-refractivity contribution is 0.0938. The summed E-state index contributed by atoms with van der Waals surface area (Å²) >= 11 is 6.46. The number of aromatic nitrogens is 2. The second-order valence-electron chi connectivity index (χ2n) is 6.40. The van der Waals surface area contributed by atoms with Gasteiger partial charge in [-0.3, -0.25) is 4.79 Å². The van der Waals surface area contributed by atoms with E-state index in [0.29, 0.717) is 16.4 Å². The van der Waals surface area contributed by atoms with Crippen molar-refractivity contribution < 1.29 is 4.79 Å². The van der Waals surface area contributed by atoms with Gasteiger partial charge in [-0.15, -0.1) is 0 Å². The van der Waals surface area contributed by atoms with Crippen LogP contribution in [0.4, 0.5) is 0 Å². The molecule has 0 fully saturated rings. The standard InChI is InChI=1S/C21H22ClN3O/c1-15(13-14-17-9-5-3-6-10-17)23-21(26)19-16(2)24-25(20(19)22)18-11-7-4-8-12-18/h3-12,15H,13-14H2,1-2H3,(H,23,26). The van der Waals surface area contributed by atoms with Gasteiger partial charge in [0.2, 0.25) is 0 Å². The third kappa shape index (κ3) is 4.14. The van der Waals surface area contributed by atoms with Gasteiger partial charge in [-0.2, -0.15) is 5.10 Å². The first kappa shape index (κ1) is 18.2. The molecule has 1 unspecified atom stereocenters. The monoisotopic (exact) mass is 367 g/mol. The largest absolute Gasteiger partial charge is 0.349 e. The number of aryl methyl sites for hydroxylation is 2. The van der Waals surface area contributed by atoms with Crippen LogP contribution < -0.4 is 5.32 Å². The minimum atomic E-state index is -0.185. The van der Waals surface area contributed by atoms with Crippen molar-refractivity contribution in [1.29, 1.82) is 0 Å². The van der Waals surface area contributed by atoms with Crippen LogP contribution in [0, 0.1) is 6.92 Å². The molecule has 0 aliphatic rings. The number of para-hydroxylation sites is 1. The van der Waals surface area contributed by atoms with Crippen LogP contribution in [0.1, 0.15) is 35.0 Å². The summed E-state index contributed by atoms with van der Waals surface area (Å²) < 4.78 is 1.60. The van der Waals surface area contributed by atoms with Crippen LogP contribution in [-0.2, 0) is 6.42 Å². The molecule has 3 aromatic rings. The predicted octanol–water partition coefficient (Wildman–Crippen LogP) is 4.59. The maximum atomic E-state index is 12.7. The van der Waals surface area contributed by atoms with Crippen LogP contribution in [0.3, 0.4) is 0 Å². The molecule has 5 heteroatoms. The summed E-state index contributed by atoms with van der Waals surface area (Å²) in [6.45, 7) is 3.81. The highest BCUT2D eigenvalue weighted by Gasteiger charge is 2.22. The van der Waals surface area contributed by atoms with Crippen molar-refractivity contribution in [3.8, 4) is 5.69 Å². The summed E-state index contributed by atoms with van der Waals surface area (Å²) in [6.07, 6.45) is 1.78. The van der Waals surface area contributed by atoms with E-state index in [2.05, 4.69) is 22.5 Å². The van der Waals surface area contributed by atoms with Crippen LogP contribution >= 0.6 is 11.6 Å². The molecule has 0 saturated carbocycles. The van der Waals surface area contributed by atoms with Crippen molar-refractivity contribution >= 4 is 17.5 Å². The predicted molar refractivity (Wildman–Crippen MR) is 105 cm³/mol. The van der Waals surface area contributed by atoms with E-state index in [0.717, 1.165) is 18.5 Å². The molecule has 1 aromatic heterocycles. The van der Waals surface area contributed by atoms with E-state index >= 15 is 0 Å². The molecular formula is C21H22ClN3O. The summed E-state index contributed by atoms with van der Waals surface area (Å²) in [6, 6.07) is 19.9. The zero-order chi connectivity index (χ0) is 18.5. The summed E-state index contributed by atoms with van der Waals surface area (Å²) in [5, 5.41) is 7.80. The van der Waals surface area contributed by atoms with Crippen molar-refractivity contribution in [3.63, 3.8) is 0 Å². The van der Waals surface area contributed by atoms with Gasteiger partial charge in [0.1, 0.15) is 5.15 Å². The Balaban J connectivity index is 1.69. The Morgan fingerprint density at radius 1 is 1.12 bits per heavy atom. The Morgan fingerprint density at radius 3 is 2.38 bits per heavy atom. The average molecular weight is 368 g/mol. The number of rotatable bonds is 6. The maximum absolute atomic E-state index is 12.7. The quantitative estimate of drug-likeness (QED) is 0.692. The van der Waals surface area contributed by atoms with Crippen LogP contribution in [0.5, 0.6) is 0 Å². The Morgan fingerprint density at radius 2 is 1.73 bits per heavy atom. The number of amides is 1. The Hall–Kier alpha value is -2.59. The van der Waals surface area contributed by atoms with E-state index in [1.807, 2.05) is 55.5 Å². The molecule has 1 atom stereocenters. The highest BCUT2D eigenvalue weighted by atomic mass is 35.5. The highest BCUT2D eigenvalue weighted by molar-refractivity contribution is 6.33. The van der Waals surface area contributed by atoms with Gasteiger partial charge in [0.05, 0.1) is 16.9 Å². The van der Waals surface area contributed by atoms with Crippen LogP contribution in [0.2, 0.25) is 5.15 Å². The maximum Gasteiger partial charge on any atom is 0.256 e. The first-order valence-corrected chi connectivity index (χ1v) is 9.09. The zero-order valence-electron chi connectivity index (χ0n) is 14.9. The minimum Gasteiger partial charge on any atom is -0.349 e. The van der Waals surface area contributed by atoms with Crippen molar-refractivity contribution in [2.24, 2.45) is 0 Å². The normalized spacial score (nSPS) is 12.0. The minimum absolute atomic E-state index is 0.0400. The SMILES string of the molecule is Cc1nn(-c2ccccc2)c(Cl)c1C(=O)NC(C)CCc1ccccc1. The van der Waals surface area contributed by atoms with Gasteiger partial charge in [-0.25, -0.2) is 4.68 Å². The summed E-state index contributed by atoms with van der Waals surface area (Å²) in [5.41, 5.74) is 3.14. The third-order valence-corrected chi connectivity index (χ3v) is 4.67. The van der Waals surface area contributed by atoms with Gasteiger partial charge in [0, 0.05) is 6.04 Å². The van der Waals surface area contributed by atoms with Crippen molar-refractivity contribution in [2.75, 3.05) is 0 Å². The number of halogens is 1. The number of benzene rings is 2. The molecule has 0 spiro atoms. The summed E-state index contributed by atoms with van der Waals surface area (Å²) in [7, 11) is 0. The molecule has 1 amide bonds. The third-order valence-electron chi connectivity index (χ3n) is 4.32. The van der Waals surface area contributed by atoms with Crippen LogP contribution in [-0.4, -0.2) is 21.7 Å². The van der Waals surface area contributed by atoms with Crippen molar-refractivity contribution in [1.82, 2.24) is 15.1 Å². The molecule has 0 saturated heterocycles. The number of nitrogens with zero attached hydrogens (tertiary/aromatic N) is 2. The molecule has 1 N–H and O–H groups in total. The average Bonchev–Trinajstić information content (AvgIpc) is 2.96. The smallest absolute Gasteiger partial charge is 0.256 e. The summed E-state index contributed by atoms with van der Waals surface area (Å²) in [5.74, 6) is -0.185. The van der Waals surface area contributed by atoms with Gasteiger partial charge in [-0.1, -0.05) is 60.1 Å². The first-order chi connectivity index (χ1) is 12.6. The molecular weight excluding hydrogens is 346 g/mol. The van der Waals surface area contributed by atoms with E-state index in [-0.39, 0.29) is 11.9 Å². The molecule has 0 bridgehead atoms. The lowest BCUT2D eigenvalue weighted by Crippen LogP contribution is -2.33. The fourth-order valence-corrected chi connectivity index (χ4v) is 3.25. The number of nitrogens with one attached hydrogen (secondary N) is 1. The van der Waals surface area contributed by atoms with Gasteiger partial charge in [0.25, 0.3) is 5.91 Å². The van der Waals surface area contributed by atoms with E-state index in [1.165, 1.54) is 5.56 Å². The molecule has 26 heavy (non-hydrogen) atoms. The lowest BCUT2D eigenvalue weighted by atomic mass is 10.1. The topological polar surface area (TPSA) is 46.9 Å². The molecule has 4 nitrogen and oxygen atoms in total. The lowest BCUT2D eigenvalue weighted by Gasteiger charge is -2.14. The molecule has 2 aromatic carbocycles. The van der Waals surface area contributed by atoms with E-state index in [9.17, 15) is 4.79 Å². The second kappa shape index (κ2) is 8.19. The van der Waals surface area contributed by atoms with E-state index in [1.54, 1.807) is 11.6 Å². The number of hydrogen-bond acceptors (Lipinski definition) is 2. The zero-order valence-corrected chi connectivity index (χ0v) is 15.7. The molecule has 134 valence electrons. The summed E-state index contributed by atoms with van der Waals surface area (Å²) in [4.78, 5) is 12.7. The van der Waals surface area contributed by atoms with Crippen molar-refractivity contribution in [3.05, 3.63) is 82.6 Å². The fourth-order valence-electron chi connectivity index (χ4n) is 2.89. The van der Waals surface area contributed by atoms with Crippen LogP contribution in [0.15, 0.2) is 60.7 Å². The van der Waals surface area contributed by atoms with E-state index in [4.69, 9.17) is 11.6 Å². The van der Waals surface area contributed by atoms with E-state index < -0.39 is 0 Å². The fraction of sp³-hybridized carbons (Fsp3) is 0.238. The molecule has 0 radical (unpaired) electrons. The second-order valence-corrected chi connectivity index (χ2v) is 6.76. The highest BCUT2D eigenvalue weighted by Crippen LogP contribution is 2.23. The van der Waals surface area contributed by atoms with Gasteiger partial charge < -0.3 is 5.32 Å². The van der Waals surface area contributed by atoms with Gasteiger partial charge in [-0.05, 0) is 44.4 Å². The molecule has 0 aliphatic carbocycles. The Kier molecular flexibility index (Phi) is 5.74. The first-order valence-electron chi connectivity index (χ1n) is 8.71. The Labute approximate surface area is 158 Å². The number of hydrogen-bond donors (Lipinski definition) is 1. The number of carbonyl (C=O) groups excluding carboxylic acids is 1. The molecule has 0 aliphatic heterocycles. The number of carbonyl (C=O) groups is 1. The van der Waals surface area contributed by atoms with Crippen LogP contribution in [0.25, 0.3) is 5.69 Å². The van der Waals surface area contributed by atoms with Gasteiger partial charge in [0.15, 0.2) is 0 Å². The molecule has 1 heterocycles.